The Kier molecular flexibility index (Phi) is 6.42. The third kappa shape index (κ3) is 4.80. The van der Waals surface area contributed by atoms with Gasteiger partial charge in [-0.25, -0.2) is 9.59 Å². The van der Waals surface area contributed by atoms with Gasteiger partial charge in [0.2, 0.25) is 0 Å². The highest BCUT2D eigenvalue weighted by Crippen LogP contribution is 2.30. The maximum atomic E-state index is 13.6. The van der Waals surface area contributed by atoms with Gasteiger partial charge in [0.05, 0.1) is 11.9 Å². The van der Waals surface area contributed by atoms with Gasteiger partial charge in [-0.3, -0.25) is 23.4 Å². The molecule has 194 valence electrons. The molecule has 0 bridgehead atoms. The zero-order valence-electron chi connectivity index (χ0n) is 21.1. The molecule has 6 rings (SSSR count). The summed E-state index contributed by atoms with van der Waals surface area (Å²) in [6.45, 7) is 2.59. The van der Waals surface area contributed by atoms with E-state index in [-0.39, 0.29) is 11.2 Å². The Morgan fingerprint density at radius 1 is 0.846 bits per heavy atom. The van der Waals surface area contributed by atoms with Crippen molar-refractivity contribution in [2.75, 3.05) is 0 Å². The van der Waals surface area contributed by atoms with Crippen LogP contribution in [0.1, 0.15) is 16.0 Å². The van der Waals surface area contributed by atoms with Gasteiger partial charge in [0, 0.05) is 17.0 Å². The number of hydrogen-bond donors (Lipinski definition) is 1. The quantitative estimate of drug-likeness (QED) is 0.315. The lowest BCUT2D eigenvalue weighted by Crippen LogP contribution is -2.40. The maximum absolute atomic E-state index is 13.6. The van der Waals surface area contributed by atoms with Crippen molar-refractivity contribution in [3.8, 4) is 22.5 Å². The number of hydrogen-bond acceptors (Lipinski definition) is 6. The third-order valence-electron chi connectivity index (χ3n) is 6.71. The van der Waals surface area contributed by atoms with Gasteiger partial charge < -0.3 is 0 Å². The summed E-state index contributed by atoms with van der Waals surface area (Å²) < 4.78 is 7.74. The van der Waals surface area contributed by atoms with E-state index >= 15 is 0 Å². The van der Waals surface area contributed by atoms with Crippen molar-refractivity contribution < 1.29 is 4.52 Å². The normalized spacial score (nSPS) is 11.3. The number of rotatable bonds is 7. The first-order chi connectivity index (χ1) is 19.0. The molecule has 0 saturated carbocycles. The van der Waals surface area contributed by atoms with Crippen LogP contribution in [-0.4, -0.2) is 19.3 Å². The van der Waals surface area contributed by atoms with E-state index in [1.807, 2.05) is 91.9 Å². The minimum Gasteiger partial charge on any atom is -0.296 e. The average molecular weight is 537 g/mol. The van der Waals surface area contributed by atoms with Crippen LogP contribution >= 0.6 is 11.3 Å². The summed E-state index contributed by atoms with van der Waals surface area (Å²) in [5, 5.41) is 4.40. The lowest BCUT2D eigenvalue weighted by molar-refractivity contribution is 0.388. The van der Waals surface area contributed by atoms with E-state index in [1.54, 1.807) is 4.57 Å². The van der Waals surface area contributed by atoms with Gasteiger partial charge >= 0.3 is 11.4 Å². The predicted molar refractivity (Wildman–Crippen MR) is 152 cm³/mol. The largest absolute Gasteiger partial charge is 0.439 e. The fourth-order valence-electron chi connectivity index (χ4n) is 4.80. The summed E-state index contributed by atoms with van der Waals surface area (Å²) in [5.74, 6) is -0.250. The van der Waals surface area contributed by atoms with Crippen molar-refractivity contribution in [2.45, 2.75) is 26.4 Å². The van der Waals surface area contributed by atoms with Gasteiger partial charge in [-0.05, 0) is 41.7 Å². The van der Waals surface area contributed by atoms with E-state index < -0.39 is 5.76 Å². The molecule has 0 atom stereocenters. The standard InChI is InChI=1S/C30H24N4O4S/c1-19-17-25-27(35)33(16-15-20-7-3-2-4-8-20)30(37)34(28(25)39-19)18-21-11-13-22(14-12-21)23-9-5-6-10-24(23)26-31-29(36)38-32-26/h2-14,17H,15-16,18H2,1H3,(H,31,32,36). The molecule has 6 aromatic rings. The maximum Gasteiger partial charge on any atom is 0.439 e. The van der Waals surface area contributed by atoms with E-state index in [2.05, 4.69) is 14.7 Å². The molecule has 0 spiro atoms. The number of aromatic amines is 1. The molecule has 0 unspecified atom stereocenters. The van der Waals surface area contributed by atoms with Crippen LogP contribution in [0.5, 0.6) is 0 Å². The number of H-pyrrole nitrogens is 1. The fraction of sp³-hybridized carbons (Fsp3) is 0.133. The van der Waals surface area contributed by atoms with Crippen LogP contribution < -0.4 is 17.0 Å². The van der Waals surface area contributed by atoms with Gasteiger partial charge in [0.25, 0.3) is 5.56 Å². The van der Waals surface area contributed by atoms with E-state index in [4.69, 9.17) is 0 Å². The Hall–Kier alpha value is -4.76. The second-order valence-corrected chi connectivity index (χ2v) is 10.6. The molecule has 0 aliphatic rings. The summed E-state index contributed by atoms with van der Waals surface area (Å²) >= 11 is 1.46. The summed E-state index contributed by atoms with van der Waals surface area (Å²) in [6, 6.07) is 27.2. The lowest BCUT2D eigenvalue weighted by Gasteiger charge is -2.13. The molecular formula is C30H24N4O4S. The van der Waals surface area contributed by atoms with E-state index in [9.17, 15) is 14.4 Å². The van der Waals surface area contributed by atoms with Crippen LogP contribution in [-0.2, 0) is 19.5 Å². The van der Waals surface area contributed by atoms with Crippen molar-refractivity contribution >= 4 is 21.6 Å². The molecule has 0 aliphatic carbocycles. The van der Waals surface area contributed by atoms with Gasteiger partial charge in [-0.1, -0.05) is 84.0 Å². The molecule has 0 aliphatic heterocycles. The van der Waals surface area contributed by atoms with Crippen molar-refractivity contribution in [1.82, 2.24) is 19.3 Å². The van der Waals surface area contributed by atoms with E-state index in [1.165, 1.54) is 15.9 Å². The smallest absolute Gasteiger partial charge is 0.296 e. The van der Waals surface area contributed by atoms with Gasteiger partial charge in [0.15, 0.2) is 5.82 Å². The Morgan fingerprint density at radius 3 is 2.28 bits per heavy atom. The SMILES string of the molecule is Cc1cc2c(=O)n(CCc3ccccc3)c(=O)n(Cc3ccc(-c4ccccc4-c4noc(=O)[nH]4)cc3)c2s1. The van der Waals surface area contributed by atoms with Crippen LogP contribution in [0, 0.1) is 6.92 Å². The summed E-state index contributed by atoms with van der Waals surface area (Å²) in [7, 11) is 0. The number of fused-ring (bicyclic) bond motifs is 1. The van der Waals surface area contributed by atoms with Crippen LogP contribution in [0.4, 0.5) is 0 Å². The van der Waals surface area contributed by atoms with Crippen molar-refractivity contribution in [2.24, 2.45) is 0 Å². The molecule has 9 heteroatoms. The Morgan fingerprint density at radius 2 is 1.56 bits per heavy atom. The molecule has 0 fully saturated rings. The molecule has 0 saturated heterocycles. The second-order valence-electron chi connectivity index (χ2n) is 9.32. The molecular weight excluding hydrogens is 512 g/mol. The molecule has 1 N–H and O–H groups in total. The minimum atomic E-state index is -0.610. The summed E-state index contributed by atoms with van der Waals surface area (Å²) in [6.07, 6.45) is 0.593. The van der Waals surface area contributed by atoms with Crippen LogP contribution in [0.2, 0.25) is 0 Å². The first-order valence-electron chi connectivity index (χ1n) is 12.5. The molecule has 0 radical (unpaired) electrons. The van der Waals surface area contributed by atoms with E-state index in [0.717, 1.165) is 32.7 Å². The Balaban J connectivity index is 1.35. The van der Waals surface area contributed by atoms with Crippen LogP contribution in [0.3, 0.4) is 0 Å². The molecule has 39 heavy (non-hydrogen) atoms. The van der Waals surface area contributed by atoms with Gasteiger partial charge in [-0.15, -0.1) is 11.3 Å². The number of aromatic nitrogens is 4. The second kappa shape index (κ2) is 10.2. The number of aryl methyl sites for hydroxylation is 2. The van der Waals surface area contributed by atoms with Crippen LogP contribution in [0.25, 0.3) is 32.7 Å². The molecule has 3 aromatic carbocycles. The highest BCUT2D eigenvalue weighted by atomic mass is 32.1. The Labute approximate surface area is 226 Å². The summed E-state index contributed by atoms with van der Waals surface area (Å²) in [5.41, 5.74) is 4.00. The van der Waals surface area contributed by atoms with Gasteiger partial charge in [0.1, 0.15) is 4.83 Å². The van der Waals surface area contributed by atoms with E-state index in [0.29, 0.717) is 35.6 Å². The minimum absolute atomic E-state index is 0.246. The first kappa shape index (κ1) is 24.6. The molecule has 3 aromatic heterocycles. The Bertz CT molecular complexity index is 1960. The van der Waals surface area contributed by atoms with Crippen molar-refractivity contribution in [3.05, 3.63) is 132 Å². The molecule has 3 heterocycles. The zero-order chi connectivity index (χ0) is 26.9. The molecule has 0 amide bonds. The fourth-order valence-corrected chi connectivity index (χ4v) is 5.79. The number of nitrogens with one attached hydrogen (secondary N) is 1. The van der Waals surface area contributed by atoms with Gasteiger partial charge in [-0.2, -0.15) is 0 Å². The average Bonchev–Trinajstić information content (AvgIpc) is 3.57. The number of nitrogens with zero attached hydrogens (tertiary/aromatic N) is 3. The summed E-state index contributed by atoms with van der Waals surface area (Å²) in [4.78, 5) is 42.6. The molecule has 8 nitrogen and oxygen atoms in total. The first-order valence-corrected chi connectivity index (χ1v) is 13.3. The highest BCUT2D eigenvalue weighted by Gasteiger charge is 2.17. The number of benzene rings is 3. The monoisotopic (exact) mass is 536 g/mol. The highest BCUT2D eigenvalue weighted by molar-refractivity contribution is 7.18. The van der Waals surface area contributed by atoms with Crippen LogP contribution in [0.15, 0.2) is 104 Å². The number of thiophene rings is 1. The lowest BCUT2D eigenvalue weighted by atomic mass is 9.98. The van der Waals surface area contributed by atoms with Crippen molar-refractivity contribution in [1.29, 1.82) is 0 Å². The van der Waals surface area contributed by atoms with Crippen molar-refractivity contribution in [3.63, 3.8) is 0 Å². The predicted octanol–water partition coefficient (Wildman–Crippen LogP) is 4.83. The third-order valence-corrected chi connectivity index (χ3v) is 7.79. The zero-order valence-corrected chi connectivity index (χ0v) is 21.9. The topological polar surface area (TPSA) is 103 Å².